The highest BCUT2D eigenvalue weighted by Gasteiger charge is 2.04. The average Bonchev–Trinajstić information content (AvgIpc) is 3.05. The van der Waals surface area contributed by atoms with Crippen LogP contribution in [0, 0.1) is 0 Å². The van der Waals surface area contributed by atoms with E-state index in [1.807, 2.05) is 66.7 Å². The van der Waals surface area contributed by atoms with Gasteiger partial charge in [0, 0.05) is 10.0 Å². The second-order valence-electron chi connectivity index (χ2n) is 5.16. The predicted octanol–water partition coefficient (Wildman–Crippen LogP) is 4.40. The van der Waals surface area contributed by atoms with Crippen molar-refractivity contribution in [1.29, 1.82) is 0 Å². The Kier molecular flexibility index (Phi) is 5.23. The molecule has 0 fully saturated rings. The van der Waals surface area contributed by atoms with E-state index in [0.29, 0.717) is 12.2 Å². The summed E-state index contributed by atoms with van der Waals surface area (Å²) in [6.45, 7) is 0. The monoisotopic (exact) mass is 382 g/mol. The molecule has 0 bridgehead atoms. The van der Waals surface area contributed by atoms with Crippen LogP contribution in [0.25, 0.3) is 11.3 Å². The molecule has 0 aliphatic heterocycles. The molecule has 0 aliphatic rings. The molecule has 0 radical (unpaired) electrons. The molecule has 2 aromatic carbocycles. The quantitative estimate of drug-likeness (QED) is 0.525. The van der Waals surface area contributed by atoms with Crippen LogP contribution >= 0.6 is 15.9 Å². The second-order valence-corrected chi connectivity index (χ2v) is 6.08. The number of rotatable bonds is 5. The summed E-state index contributed by atoms with van der Waals surface area (Å²) >= 11 is 3.40. The summed E-state index contributed by atoms with van der Waals surface area (Å²) in [5.74, 6) is 1.16. The number of carbonyl (C=O) groups excluding carboxylic acids is 1. The van der Waals surface area contributed by atoms with Gasteiger partial charge in [0.2, 0.25) is 5.91 Å². The Morgan fingerprint density at radius 3 is 2.54 bits per heavy atom. The van der Waals surface area contributed by atoms with Crippen molar-refractivity contribution in [1.82, 2.24) is 5.43 Å². The minimum atomic E-state index is -0.169. The Hall–Kier alpha value is -2.66. The fourth-order valence-electron chi connectivity index (χ4n) is 2.18. The van der Waals surface area contributed by atoms with Crippen molar-refractivity contribution in [2.45, 2.75) is 6.42 Å². The smallest absolute Gasteiger partial charge is 0.244 e. The Labute approximate surface area is 148 Å². The Morgan fingerprint density at radius 2 is 1.79 bits per heavy atom. The third kappa shape index (κ3) is 4.43. The lowest BCUT2D eigenvalue weighted by atomic mass is 10.1. The third-order valence-electron chi connectivity index (χ3n) is 3.34. The third-order valence-corrected chi connectivity index (χ3v) is 3.87. The Morgan fingerprint density at radius 1 is 1.04 bits per heavy atom. The number of hydrogen-bond donors (Lipinski definition) is 1. The van der Waals surface area contributed by atoms with Gasteiger partial charge in [0.15, 0.2) is 0 Å². The van der Waals surface area contributed by atoms with Gasteiger partial charge in [0.25, 0.3) is 0 Å². The van der Waals surface area contributed by atoms with E-state index in [1.54, 1.807) is 0 Å². The largest absolute Gasteiger partial charge is 0.455 e. The van der Waals surface area contributed by atoms with Crippen LogP contribution in [-0.2, 0) is 11.2 Å². The maximum Gasteiger partial charge on any atom is 0.244 e. The zero-order chi connectivity index (χ0) is 16.8. The van der Waals surface area contributed by atoms with E-state index in [-0.39, 0.29) is 5.91 Å². The SMILES string of the molecule is O=C(Cc1ccccc1)N/N=C\c1ccc(-c2ccc(Br)cc2)o1. The second kappa shape index (κ2) is 7.75. The van der Waals surface area contributed by atoms with Gasteiger partial charge in [0.1, 0.15) is 11.5 Å². The molecular weight excluding hydrogens is 368 g/mol. The van der Waals surface area contributed by atoms with E-state index >= 15 is 0 Å². The molecule has 24 heavy (non-hydrogen) atoms. The van der Waals surface area contributed by atoms with E-state index in [1.165, 1.54) is 6.21 Å². The van der Waals surface area contributed by atoms with Crippen LogP contribution in [0.5, 0.6) is 0 Å². The molecule has 0 unspecified atom stereocenters. The molecule has 0 spiro atoms. The predicted molar refractivity (Wildman–Crippen MR) is 97.7 cm³/mol. The molecule has 1 N–H and O–H groups in total. The van der Waals surface area contributed by atoms with Crippen molar-refractivity contribution in [3.63, 3.8) is 0 Å². The minimum Gasteiger partial charge on any atom is -0.455 e. The molecule has 5 heteroatoms. The summed E-state index contributed by atoms with van der Waals surface area (Å²) in [5, 5.41) is 3.93. The molecular formula is C19H15BrN2O2. The Bertz CT molecular complexity index is 839. The maximum atomic E-state index is 11.8. The number of nitrogens with one attached hydrogen (secondary N) is 1. The first kappa shape index (κ1) is 16.2. The van der Waals surface area contributed by atoms with Crippen molar-refractivity contribution in [3.05, 3.63) is 82.5 Å². The van der Waals surface area contributed by atoms with E-state index in [9.17, 15) is 4.79 Å². The molecule has 0 saturated heterocycles. The van der Waals surface area contributed by atoms with Crippen LogP contribution in [0.1, 0.15) is 11.3 Å². The van der Waals surface area contributed by atoms with Crippen LogP contribution in [0.15, 0.2) is 80.7 Å². The van der Waals surface area contributed by atoms with Gasteiger partial charge < -0.3 is 4.42 Å². The standard InChI is InChI=1S/C19H15BrN2O2/c20-16-8-6-15(7-9-16)18-11-10-17(24-18)13-21-22-19(23)12-14-4-2-1-3-5-14/h1-11,13H,12H2,(H,22,23)/b21-13-. The fourth-order valence-corrected chi connectivity index (χ4v) is 2.44. The van der Waals surface area contributed by atoms with Gasteiger partial charge in [-0.15, -0.1) is 0 Å². The number of carbonyl (C=O) groups is 1. The molecule has 120 valence electrons. The molecule has 3 rings (SSSR count). The highest BCUT2D eigenvalue weighted by molar-refractivity contribution is 9.10. The summed E-state index contributed by atoms with van der Waals surface area (Å²) in [7, 11) is 0. The molecule has 1 heterocycles. The zero-order valence-electron chi connectivity index (χ0n) is 12.8. The maximum absolute atomic E-state index is 11.8. The van der Waals surface area contributed by atoms with E-state index < -0.39 is 0 Å². The fraction of sp³-hybridized carbons (Fsp3) is 0.0526. The molecule has 0 atom stereocenters. The van der Waals surface area contributed by atoms with Gasteiger partial charge in [0.05, 0.1) is 12.6 Å². The van der Waals surface area contributed by atoms with Gasteiger partial charge >= 0.3 is 0 Å². The van der Waals surface area contributed by atoms with E-state index in [2.05, 4.69) is 26.5 Å². The van der Waals surface area contributed by atoms with Crippen LogP contribution in [-0.4, -0.2) is 12.1 Å². The average molecular weight is 383 g/mol. The number of hydrogen-bond acceptors (Lipinski definition) is 3. The number of benzene rings is 2. The zero-order valence-corrected chi connectivity index (χ0v) is 14.4. The van der Waals surface area contributed by atoms with Gasteiger partial charge in [-0.3, -0.25) is 4.79 Å². The van der Waals surface area contributed by atoms with Gasteiger partial charge in [-0.25, -0.2) is 5.43 Å². The molecule has 0 aliphatic carbocycles. The number of halogens is 1. The van der Waals surface area contributed by atoms with Crippen molar-refractivity contribution in [3.8, 4) is 11.3 Å². The number of amides is 1. The molecule has 0 saturated carbocycles. The highest BCUT2D eigenvalue weighted by Crippen LogP contribution is 2.23. The summed E-state index contributed by atoms with van der Waals surface area (Å²) in [4.78, 5) is 11.8. The first-order valence-electron chi connectivity index (χ1n) is 7.42. The van der Waals surface area contributed by atoms with E-state index in [4.69, 9.17) is 4.42 Å². The summed E-state index contributed by atoms with van der Waals surface area (Å²) in [6.07, 6.45) is 1.78. The Balaban J connectivity index is 1.57. The van der Waals surface area contributed by atoms with Gasteiger partial charge in [-0.2, -0.15) is 5.10 Å². The number of nitrogens with zero attached hydrogens (tertiary/aromatic N) is 1. The lowest BCUT2D eigenvalue weighted by molar-refractivity contribution is -0.120. The first-order valence-corrected chi connectivity index (χ1v) is 8.21. The molecule has 1 amide bonds. The number of furan rings is 1. The summed E-state index contributed by atoms with van der Waals surface area (Å²) in [5.41, 5.74) is 4.42. The molecule has 4 nitrogen and oxygen atoms in total. The van der Waals surface area contributed by atoms with Crippen molar-refractivity contribution < 1.29 is 9.21 Å². The summed E-state index contributed by atoms with van der Waals surface area (Å²) in [6, 6.07) is 21.0. The van der Waals surface area contributed by atoms with Crippen LogP contribution < -0.4 is 5.43 Å². The molecule has 1 aromatic heterocycles. The van der Waals surface area contributed by atoms with Gasteiger partial charge in [-0.05, 0) is 29.8 Å². The first-order chi connectivity index (χ1) is 11.7. The van der Waals surface area contributed by atoms with Crippen molar-refractivity contribution >= 4 is 28.1 Å². The van der Waals surface area contributed by atoms with Crippen molar-refractivity contribution in [2.24, 2.45) is 5.10 Å². The van der Waals surface area contributed by atoms with Crippen LogP contribution in [0.4, 0.5) is 0 Å². The van der Waals surface area contributed by atoms with E-state index in [0.717, 1.165) is 21.4 Å². The normalized spacial score (nSPS) is 10.9. The van der Waals surface area contributed by atoms with Crippen molar-refractivity contribution in [2.75, 3.05) is 0 Å². The van der Waals surface area contributed by atoms with Crippen LogP contribution in [0.3, 0.4) is 0 Å². The lowest BCUT2D eigenvalue weighted by Gasteiger charge is -1.99. The van der Waals surface area contributed by atoms with Crippen LogP contribution in [0.2, 0.25) is 0 Å². The topological polar surface area (TPSA) is 54.6 Å². The minimum absolute atomic E-state index is 0.169. The highest BCUT2D eigenvalue weighted by atomic mass is 79.9. The summed E-state index contributed by atoms with van der Waals surface area (Å²) < 4.78 is 6.71. The lowest BCUT2D eigenvalue weighted by Crippen LogP contribution is -2.19. The number of hydrazone groups is 1. The van der Waals surface area contributed by atoms with Gasteiger partial charge in [-0.1, -0.05) is 58.4 Å². The molecule has 3 aromatic rings.